The zero-order valence-electron chi connectivity index (χ0n) is 24.6. The van der Waals surface area contributed by atoms with E-state index in [9.17, 15) is 24.3 Å². The number of piperazine rings is 1. The number of carboxylic acid groups (broad SMARTS) is 1. The summed E-state index contributed by atoms with van der Waals surface area (Å²) in [7, 11) is 0. The number of anilines is 1. The molecule has 0 atom stereocenters. The number of unbranched alkanes of at least 4 members (excludes halogenated alkanes) is 4. The van der Waals surface area contributed by atoms with Crippen molar-refractivity contribution in [2.75, 3.05) is 37.6 Å². The van der Waals surface area contributed by atoms with E-state index in [1.807, 2.05) is 4.90 Å². The van der Waals surface area contributed by atoms with E-state index >= 15 is 4.39 Å². The van der Waals surface area contributed by atoms with Gasteiger partial charge in [-0.2, -0.15) is 4.57 Å². The molecule has 2 aliphatic rings. The highest BCUT2D eigenvalue weighted by Gasteiger charge is 2.29. The van der Waals surface area contributed by atoms with Crippen molar-refractivity contribution in [3.05, 3.63) is 70.0 Å². The fraction of sp³-hybridized carbons (Fsp3) is 0.469. The number of carbonyl (C=O) groups is 3. The molecule has 2 aromatic heterocycles. The number of nitrogens with zero attached hydrogens (tertiary/aromatic N) is 4. The summed E-state index contributed by atoms with van der Waals surface area (Å²) in [6, 6.07) is 6.33. The molecule has 1 saturated carbocycles. The van der Waals surface area contributed by atoms with Gasteiger partial charge < -0.3 is 24.8 Å². The van der Waals surface area contributed by atoms with Gasteiger partial charge >= 0.3 is 5.97 Å². The van der Waals surface area contributed by atoms with Crippen molar-refractivity contribution < 1.29 is 28.4 Å². The SMILES string of the molecule is CCCCCCCNC(=O)C[n+]1cccc(C(=O)N2CCN(c3cc4c(cc3F)c(=O)c(C(=O)O)cn4C3CC3)CC2)c1. The number of fused-ring (bicyclic) bond motifs is 1. The predicted octanol–water partition coefficient (Wildman–Crippen LogP) is 3.51. The molecule has 0 radical (unpaired) electrons. The molecule has 2 fully saturated rings. The smallest absolute Gasteiger partial charge is 0.341 e. The molecule has 0 unspecified atom stereocenters. The zero-order chi connectivity index (χ0) is 30.5. The average molecular weight is 593 g/mol. The summed E-state index contributed by atoms with van der Waals surface area (Å²) in [6.45, 7) is 4.47. The second-order valence-electron chi connectivity index (χ2n) is 11.4. The number of pyridine rings is 2. The first kappa shape index (κ1) is 30.2. The molecular weight excluding hydrogens is 553 g/mol. The van der Waals surface area contributed by atoms with Crippen LogP contribution in [0.1, 0.15) is 78.6 Å². The van der Waals surface area contributed by atoms with Crippen LogP contribution in [0.3, 0.4) is 0 Å². The largest absolute Gasteiger partial charge is 0.477 e. The Morgan fingerprint density at radius 1 is 1.07 bits per heavy atom. The van der Waals surface area contributed by atoms with E-state index in [2.05, 4.69) is 12.2 Å². The number of aromatic nitrogens is 2. The molecule has 0 bridgehead atoms. The summed E-state index contributed by atoms with van der Waals surface area (Å²) < 4.78 is 18.8. The molecule has 1 aliphatic heterocycles. The molecular formula is C32H39FN5O5+. The zero-order valence-corrected chi connectivity index (χ0v) is 24.6. The maximum atomic E-state index is 15.3. The maximum absolute atomic E-state index is 15.3. The highest BCUT2D eigenvalue weighted by atomic mass is 19.1. The van der Waals surface area contributed by atoms with Crippen molar-refractivity contribution in [2.45, 2.75) is 64.5 Å². The van der Waals surface area contributed by atoms with E-state index in [1.165, 1.54) is 25.5 Å². The van der Waals surface area contributed by atoms with E-state index in [0.29, 0.717) is 49.5 Å². The van der Waals surface area contributed by atoms with Gasteiger partial charge in [0.05, 0.1) is 11.2 Å². The van der Waals surface area contributed by atoms with Crippen LogP contribution in [0, 0.1) is 5.82 Å². The van der Waals surface area contributed by atoms with Crippen LogP contribution in [0.2, 0.25) is 0 Å². The number of nitrogens with one attached hydrogen (secondary N) is 1. The number of hydrogen-bond acceptors (Lipinski definition) is 5. The Kier molecular flexibility index (Phi) is 9.37. The summed E-state index contributed by atoms with van der Waals surface area (Å²) in [5.41, 5.74) is 0.259. The Hall–Kier alpha value is -4.28. The molecule has 0 spiro atoms. The third-order valence-electron chi connectivity index (χ3n) is 8.21. The monoisotopic (exact) mass is 592 g/mol. The van der Waals surface area contributed by atoms with E-state index < -0.39 is 17.2 Å². The van der Waals surface area contributed by atoms with Gasteiger partial charge in [-0.15, -0.1) is 0 Å². The summed E-state index contributed by atoms with van der Waals surface area (Å²) in [4.78, 5) is 53.7. The number of rotatable bonds is 12. The van der Waals surface area contributed by atoms with Crippen molar-refractivity contribution >= 4 is 34.4 Å². The molecule has 3 heterocycles. The highest BCUT2D eigenvalue weighted by molar-refractivity contribution is 5.94. The van der Waals surface area contributed by atoms with E-state index in [-0.39, 0.29) is 35.4 Å². The summed E-state index contributed by atoms with van der Waals surface area (Å²) >= 11 is 0. The maximum Gasteiger partial charge on any atom is 0.341 e. The van der Waals surface area contributed by atoms with Gasteiger partial charge in [0.1, 0.15) is 16.9 Å². The molecule has 10 nitrogen and oxygen atoms in total. The van der Waals surface area contributed by atoms with E-state index in [0.717, 1.165) is 31.7 Å². The minimum absolute atomic E-state index is 0.0555. The summed E-state index contributed by atoms with van der Waals surface area (Å²) in [5, 5.41) is 12.5. The lowest BCUT2D eigenvalue weighted by Crippen LogP contribution is -2.49. The lowest BCUT2D eigenvalue weighted by Gasteiger charge is -2.36. The van der Waals surface area contributed by atoms with Crippen LogP contribution in [-0.4, -0.2) is 65.1 Å². The molecule has 1 aromatic carbocycles. The van der Waals surface area contributed by atoms with E-state index in [1.54, 1.807) is 44.6 Å². The quantitative estimate of drug-likeness (QED) is 0.246. The van der Waals surface area contributed by atoms with Gasteiger partial charge in [0, 0.05) is 56.4 Å². The number of hydrogen-bond donors (Lipinski definition) is 2. The molecule has 3 aromatic rings. The molecule has 2 N–H and O–H groups in total. The Balaban J connectivity index is 1.22. The fourth-order valence-electron chi connectivity index (χ4n) is 5.67. The van der Waals surface area contributed by atoms with Crippen LogP contribution in [0.25, 0.3) is 10.9 Å². The molecule has 11 heteroatoms. The number of aromatic carboxylic acids is 1. The predicted molar refractivity (Wildman–Crippen MR) is 160 cm³/mol. The normalized spacial score (nSPS) is 15.1. The summed E-state index contributed by atoms with van der Waals surface area (Å²) in [5.74, 6) is -2.18. The van der Waals surface area contributed by atoms with Gasteiger partial charge in [-0.05, 0) is 37.5 Å². The Labute approximate surface area is 249 Å². The number of benzene rings is 1. The van der Waals surface area contributed by atoms with Gasteiger partial charge in [-0.3, -0.25) is 14.4 Å². The van der Waals surface area contributed by atoms with Crippen molar-refractivity contribution in [3.63, 3.8) is 0 Å². The molecule has 1 aliphatic carbocycles. The first-order chi connectivity index (χ1) is 20.8. The van der Waals surface area contributed by atoms with E-state index in [4.69, 9.17) is 0 Å². The van der Waals surface area contributed by atoms with Crippen LogP contribution >= 0.6 is 0 Å². The van der Waals surface area contributed by atoms with Crippen molar-refractivity contribution in [1.82, 2.24) is 14.8 Å². The van der Waals surface area contributed by atoms with Gasteiger partial charge in [0.2, 0.25) is 12.0 Å². The standard InChI is InChI=1S/C32H38FN5O5/c1-2-3-4-5-6-11-34-29(39)21-35-12-7-8-22(19-35)31(41)37-15-13-36(14-16-37)28-18-27-24(17-26(28)33)30(40)25(32(42)43)20-38(27)23-9-10-23/h7-8,12,17-20,23H,2-6,9-11,13-16,21H2,1H3,(H-,34,39,42,43)/p+1. The Morgan fingerprint density at radius 3 is 2.51 bits per heavy atom. The number of halogens is 1. The molecule has 228 valence electrons. The Bertz CT molecular complexity index is 1580. The first-order valence-electron chi connectivity index (χ1n) is 15.2. The third kappa shape index (κ3) is 7.03. The minimum atomic E-state index is -1.33. The highest BCUT2D eigenvalue weighted by Crippen LogP contribution is 2.38. The third-order valence-corrected chi connectivity index (χ3v) is 8.21. The second kappa shape index (κ2) is 13.4. The van der Waals surface area contributed by atoms with Gasteiger partial charge in [-0.1, -0.05) is 32.6 Å². The van der Waals surface area contributed by atoms with Crippen molar-refractivity contribution in [3.8, 4) is 0 Å². The molecule has 1 saturated heterocycles. The van der Waals surface area contributed by atoms with Crippen molar-refractivity contribution in [1.29, 1.82) is 0 Å². The van der Waals surface area contributed by atoms with Crippen LogP contribution in [0.4, 0.5) is 10.1 Å². The van der Waals surface area contributed by atoms with Gasteiger partial charge in [0.25, 0.3) is 11.8 Å². The van der Waals surface area contributed by atoms with Crippen LogP contribution < -0.4 is 20.2 Å². The number of carbonyl (C=O) groups excluding carboxylic acids is 2. The van der Waals surface area contributed by atoms with Crippen molar-refractivity contribution in [2.24, 2.45) is 0 Å². The average Bonchev–Trinajstić information content (AvgIpc) is 3.84. The molecule has 5 rings (SSSR count). The van der Waals surface area contributed by atoms with Crippen LogP contribution in [-0.2, 0) is 11.3 Å². The minimum Gasteiger partial charge on any atom is -0.477 e. The van der Waals surface area contributed by atoms with Gasteiger partial charge in [0.15, 0.2) is 12.4 Å². The lowest BCUT2D eigenvalue weighted by atomic mass is 10.1. The lowest BCUT2D eigenvalue weighted by molar-refractivity contribution is -0.684. The van der Waals surface area contributed by atoms with Gasteiger partial charge in [-0.25, -0.2) is 9.18 Å². The Morgan fingerprint density at radius 2 is 1.81 bits per heavy atom. The number of amides is 2. The molecule has 2 amide bonds. The number of carboxylic acids is 1. The fourth-order valence-corrected chi connectivity index (χ4v) is 5.67. The molecule has 43 heavy (non-hydrogen) atoms. The summed E-state index contributed by atoms with van der Waals surface area (Å²) in [6.07, 6.45) is 12.2. The topological polar surface area (TPSA) is 116 Å². The first-order valence-corrected chi connectivity index (χ1v) is 15.2. The van der Waals surface area contributed by atoms with Crippen LogP contribution in [0.15, 0.2) is 47.7 Å². The second-order valence-corrected chi connectivity index (χ2v) is 11.4. The van der Waals surface area contributed by atoms with Crippen LogP contribution in [0.5, 0.6) is 0 Å².